The van der Waals surface area contributed by atoms with Gasteiger partial charge < -0.3 is 26.4 Å². The average Bonchev–Trinajstić information content (AvgIpc) is 3.16. The van der Waals surface area contributed by atoms with Crippen molar-refractivity contribution in [3.8, 4) is 5.75 Å². The number of ether oxygens (including phenoxy) is 1. The van der Waals surface area contributed by atoms with Crippen molar-refractivity contribution in [1.29, 1.82) is 0 Å². The minimum absolute atomic E-state index is 0.174. The summed E-state index contributed by atoms with van der Waals surface area (Å²) in [6.07, 6.45) is 3.90. The quantitative estimate of drug-likeness (QED) is 0.493. The maximum Gasteiger partial charge on any atom is 0.321 e. The maximum absolute atomic E-state index is 12.8. The zero-order valence-electron chi connectivity index (χ0n) is 17.9. The van der Waals surface area contributed by atoms with Crippen LogP contribution in [0, 0.1) is 0 Å². The van der Waals surface area contributed by atoms with Crippen molar-refractivity contribution in [2.45, 2.75) is 58.0 Å². The van der Waals surface area contributed by atoms with E-state index in [-0.39, 0.29) is 18.5 Å². The molecule has 1 saturated heterocycles. The van der Waals surface area contributed by atoms with Gasteiger partial charge >= 0.3 is 6.03 Å². The van der Waals surface area contributed by atoms with Gasteiger partial charge in [0.05, 0.1) is 12.8 Å². The van der Waals surface area contributed by atoms with Crippen molar-refractivity contribution < 1.29 is 9.53 Å². The van der Waals surface area contributed by atoms with Crippen LogP contribution in [0.2, 0.25) is 0 Å². The van der Waals surface area contributed by atoms with E-state index in [4.69, 9.17) is 10.5 Å². The number of urea groups is 1. The molecule has 1 fully saturated rings. The molecular formula is C21H36N6O2. The molecule has 0 aliphatic carbocycles. The Labute approximate surface area is 174 Å². The van der Waals surface area contributed by atoms with E-state index >= 15 is 0 Å². The van der Waals surface area contributed by atoms with Crippen LogP contribution in [-0.2, 0) is 6.42 Å². The maximum atomic E-state index is 12.8. The molecule has 29 heavy (non-hydrogen) atoms. The standard InChI is InChI=1S/C21H36N6O2/c1-4-11-27-15(2)13-19(23-10-5-9-22)26(3)21(27)25-20(28)24-17-6-7-18-16(14-17)8-12-29-18/h6-7,14-15,19,21,23H,4-5,8-13,22H2,1-3H3,(H2,24,25,28). The van der Waals surface area contributed by atoms with Gasteiger partial charge in [0.25, 0.3) is 0 Å². The molecule has 2 aliphatic heterocycles. The van der Waals surface area contributed by atoms with Gasteiger partial charge in [0.15, 0.2) is 0 Å². The number of amides is 2. The molecule has 0 saturated carbocycles. The van der Waals surface area contributed by atoms with E-state index < -0.39 is 0 Å². The molecule has 0 spiro atoms. The number of hydrogen-bond donors (Lipinski definition) is 4. The second-order valence-electron chi connectivity index (χ2n) is 7.99. The Morgan fingerprint density at radius 3 is 2.97 bits per heavy atom. The average molecular weight is 405 g/mol. The molecule has 8 heteroatoms. The third kappa shape index (κ3) is 5.39. The second-order valence-corrected chi connectivity index (χ2v) is 7.99. The number of fused-ring (bicyclic) bond motifs is 1. The summed E-state index contributed by atoms with van der Waals surface area (Å²) in [7, 11) is 2.06. The minimum Gasteiger partial charge on any atom is -0.493 e. The Kier molecular flexibility index (Phi) is 7.71. The zero-order valence-corrected chi connectivity index (χ0v) is 17.9. The summed E-state index contributed by atoms with van der Waals surface area (Å²) in [5, 5.41) is 9.74. The van der Waals surface area contributed by atoms with Crippen LogP contribution < -0.4 is 26.4 Å². The Morgan fingerprint density at radius 1 is 1.38 bits per heavy atom. The van der Waals surface area contributed by atoms with Crippen molar-refractivity contribution in [3.63, 3.8) is 0 Å². The first kappa shape index (κ1) is 21.8. The lowest BCUT2D eigenvalue weighted by molar-refractivity contribution is -0.0670. The fourth-order valence-electron chi connectivity index (χ4n) is 4.20. The van der Waals surface area contributed by atoms with Crippen molar-refractivity contribution in [3.05, 3.63) is 23.8 Å². The van der Waals surface area contributed by atoms with E-state index in [1.165, 1.54) is 0 Å². The Hall–Kier alpha value is -1.87. The monoisotopic (exact) mass is 404 g/mol. The summed E-state index contributed by atoms with van der Waals surface area (Å²) >= 11 is 0. The summed E-state index contributed by atoms with van der Waals surface area (Å²) in [4.78, 5) is 17.4. The highest BCUT2D eigenvalue weighted by Crippen LogP contribution is 2.28. The molecule has 2 heterocycles. The SMILES string of the molecule is CCCN1C(C)CC(NCCCN)N(C)C1NC(=O)Nc1ccc2c(c1)CCO2. The van der Waals surface area contributed by atoms with E-state index in [0.717, 1.165) is 55.8 Å². The predicted octanol–water partition coefficient (Wildman–Crippen LogP) is 1.73. The first-order valence-corrected chi connectivity index (χ1v) is 10.8. The molecule has 3 rings (SSSR count). The Bertz CT molecular complexity index is 685. The fraction of sp³-hybridized carbons (Fsp3) is 0.667. The molecule has 0 radical (unpaired) electrons. The largest absolute Gasteiger partial charge is 0.493 e. The predicted molar refractivity (Wildman–Crippen MR) is 116 cm³/mol. The zero-order chi connectivity index (χ0) is 20.8. The lowest BCUT2D eigenvalue weighted by Gasteiger charge is -2.50. The molecule has 2 amide bonds. The highest BCUT2D eigenvalue weighted by Gasteiger charge is 2.37. The number of carbonyl (C=O) groups is 1. The molecule has 3 unspecified atom stereocenters. The van der Waals surface area contributed by atoms with Crippen LogP contribution in [0.4, 0.5) is 10.5 Å². The normalized spacial score (nSPS) is 24.8. The van der Waals surface area contributed by atoms with Crippen LogP contribution in [0.3, 0.4) is 0 Å². The summed E-state index contributed by atoms with van der Waals surface area (Å²) in [6.45, 7) is 7.59. The molecule has 3 atom stereocenters. The molecule has 0 bridgehead atoms. The summed E-state index contributed by atoms with van der Waals surface area (Å²) in [6, 6.07) is 5.97. The van der Waals surface area contributed by atoms with E-state index in [9.17, 15) is 4.79 Å². The smallest absolute Gasteiger partial charge is 0.321 e. The highest BCUT2D eigenvalue weighted by molar-refractivity contribution is 5.89. The number of nitrogens with one attached hydrogen (secondary N) is 3. The molecule has 5 N–H and O–H groups in total. The summed E-state index contributed by atoms with van der Waals surface area (Å²) < 4.78 is 5.54. The molecule has 162 valence electrons. The topological polar surface area (TPSA) is 94.9 Å². The number of carbonyl (C=O) groups excluding carboxylic acids is 1. The summed E-state index contributed by atoms with van der Waals surface area (Å²) in [5.41, 5.74) is 7.56. The molecule has 0 aromatic heterocycles. The van der Waals surface area contributed by atoms with Crippen molar-refractivity contribution in [2.75, 3.05) is 38.6 Å². The van der Waals surface area contributed by atoms with Gasteiger partial charge in [-0.25, -0.2) is 4.79 Å². The molecular weight excluding hydrogens is 368 g/mol. The number of rotatable bonds is 8. The minimum atomic E-state index is -0.198. The van der Waals surface area contributed by atoms with Gasteiger partial charge in [-0.15, -0.1) is 0 Å². The lowest BCUT2D eigenvalue weighted by atomic mass is 10.1. The van der Waals surface area contributed by atoms with Gasteiger partial charge in [0, 0.05) is 24.7 Å². The van der Waals surface area contributed by atoms with Gasteiger partial charge in [0.1, 0.15) is 12.0 Å². The number of nitrogens with two attached hydrogens (primary N) is 1. The molecule has 1 aromatic carbocycles. The lowest BCUT2D eigenvalue weighted by Crippen LogP contribution is -2.69. The van der Waals surface area contributed by atoms with Crippen LogP contribution in [0.5, 0.6) is 5.75 Å². The number of hydrogen-bond acceptors (Lipinski definition) is 6. The van der Waals surface area contributed by atoms with Crippen molar-refractivity contribution in [2.24, 2.45) is 5.73 Å². The first-order valence-electron chi connectivity index (χ1n) is 10.8. The number of anilines is 1. The number of nitrogens with zero attached hydrogens (tertiary/aromatic N) is 2. The van der Waals surface area contributed by atoms with Gasteiger partial charge in [-0.05, 0) is 70.1 Å². The van der Waals surface area contributed by atoms with E-state index in [0.29, 0.717) is 19.2 Å². The molecule has 1 aromatic rings. The van der Waals surface area contributed by atoms with Crippen LogP contribution in [0.15, 0.2) is 18.2 Å². The summed E-state index contributed by atoms with van der Waals surface area (Å²) in [5.74, 6) is 0.914. The van der Waals surface area contributed by atoms with Gasteiger partial charge in [-0.2, -0.15) is 0 Å². The van der Waals surface area contributed by atoms with E-state index in [2.05, 4.69) is 46.6 Å². The van der Waals surface area contributed by atoms with Crippen molar-refractivity contribution >= 4 is 11.7 Å². The van der Waals surface area contributed by atoms with E-state index in [1.54, 1.807) is 0 Å². The third-order valence-corrected chi connectivity index (χ3v) is 5.77. The second kappa shape index (κ2) is 10.2. The van der Waals surface area contributed by atoms with Crippen LogP contribution >= 0.6 is 0 Å². The molecule has 8 nitrogen and oxygen atoms in total. The third-order valence-electron chi connectivity index (χ3n) is 5.77. The molecule has 2 aliphatic rings. The highest BCUT2D eigenvalue weighted by atomic mass is 16.5. The first-order chi connectivity index (χ1) is 14.0. The van der Waals surface area contributed by atoms with Gasteiger partial charge in [-0.3, -0.25) is 9.80 Å². The fourth-order valence-corrected chi connectivity index (χ4v) is 4.20. The number of benzene rings is 1. The van der Waals surface area contributed by atoms with Gasteiger partial charge in [0.2, 0.25) is 0 Å². The Balaban J connectivity index is 1.65. The van der Waals surface area contributed by atoms with E-state index in [1.807, 2.05) is 18.2 Å². The Morgan fingerprint density at radius 2 is 2.21 bits per heavy atom. The van der Waals surface area contributed by atoms with Crippen LogP contribution in [-0.4, -0.2) is 67.6 Å². The van der Waals surface area contributed by atoms with Crippen molar-refractivity contribution in [1.82, 2.24) is 20.4 Å². The van der Waals surface area contributed by atoms with Crippen LogP contribution in [0.1, 0.15) is 38.7 Å². The van der Waals surface area contributed by atoms with Gasteiger partial charge in [-0.1, -0.05) is 6.92 Å². The van der Waals surface area contributed by atoms with Crippen LogP contribution in [0.25, 0.3) is 0 Å².